The molecule has 2 atom stereocenters. The van der Waals surface area contributed by atoms with Crippen molar-refractivity contribution in [2.24, 2.45) is 10.7 Å². The van der Waals surface area contributed by atoms with Crippen molar-refractivity contribution >= 4 is 11.5 Å². The highest BCUT2D eigenvalue weighted by atomic mass is 19.1. The number of nitrogens with zero attached hydrogens (tertiary/aromatic N) is 1. The first-order valence-corrected chi connectivity index (χ1v) is 5.44. The molecule has 0 bridgehead atoms. The molecular formula is C12H12F2N2. The zero-order valence-electron chi connectivity index (χ0n) is 8.71. The van der Waals surface area contributed by atoms with Crippen LogP contribution < -0.4 is 5.73 Å². The Labute approximate surface area is 92.2 Å². The Morgan fingerprint density at radius 1 is 1.44 bits per heavy atom. The zero-order chi connectivity index (χ0) is 11.3. The normalized spacial score (nSPS) is 31.9. The van der Waals surface area contributed by atoms with Crippen LogP contribution in [0.3, 0.4) is 0 Å². The Morgan fingerprint density at radius 2 is 2.25 bits per heavy atom. The van der Waals surface area contributed by atoms with Crippen molar-refractivity contribution < 1.29 is 8.78 Å². The van der Waals surface area contributed by atoms with Crippen LogP contribution in [0.4, 0.5) is 14.5 Å². The molecule has 2 aliphatic rings. The van der Waals surface area contributed by atoms with E-state index in [-0.39, 0.29) is 17.6 Å². The quantitative estimate of drug-likeness (QED) is 0.720. The van der Waals surface area contributed by atoms with Crippen molar-refractivity contribution in [1.82, 2.24) is 0 Å². The molecule has 0 aromatic heterocycles. The predicted octanol–water partition coefficient (Wildman–Crippen LogP) is 2.80. The number of benzene rings is 1. The average Bonchev–Trinajstić information content (AvgIpc) is 2.62. The highest BCUT2D eigenvalue weighted by Crippen LogP contribution is 2.51. The van der Waals surface area contributed by atoms with Gasteiger partial charge in [-0.05, 0) is 37.0 Å². The molecule has 2 N–H and O–H groups in total. The minimum Gasteiger partial charge on any atom is -0.384 e. The van der Waals surface area contributed by atoms with E-state index in [1.54, 1.807) is 6.07 Å². The van der Waals surface area contributed by atoms with Gasteiger partial charge in [0.25, 0.3) is 0 Å². The maximum absolute atomic E-state index is 14.6. The van der Waals surface area contributed by atoms with Gasteiger partial charge in [-0.2, -0.15) is 0 Å². The van der Waals surface area contributed by atoms with Crippen molar-refractivity contribution in [1.29, 1.82) is 0 Å². The van der Waals surface area contributed by atoms with E-state index in [4.69, 9.17) is 5.73 Å². The summed E-state index contributed by atoms with van der Waals surface area (Å²) in [5.41, 5.74) is 5.43. The summed E-state index contributed by atoms with van der Waals surface area (Å²) in [5, 5.41) is 0. The molecule has 0 radical (unpaired) electrons. The van der Waals surface area contributed by atoms with Crippen LogP contribution in [0.2, 0.25) is 0 Å². The van der Waals surface area contributed by atoms with Crippen molar-refractivity contribution in [2.75, 3.05) is 0 Å². The molecule has 84 valence electrons. The molecule has 0 amide bonds. The monoisotopic (exact) mass is 222 g/mol. The second-order valence-electron chi connectivity index (χ2n) is 4.51. The van der Waals surface area contributed by atoms with E-state index in [9.17, 15) is 8.78 Å². The first-order chi connectivity index (χ1) is 7.61. The maximum atomic E-state index is 14.6. The van der Waals surface area contributed by atoms with Gasteiger partial charge in [0.05, 0.1) is 5.69 Å². The van der Waals surface area contributed by atoms with Crippen molar-refractivity contribution in [3.63, 3.8) is 0 Å². The van der Waals surface area contributed by atoms with Gasteiger partial charge in [0.15, 0.2) is 5.67 Å². The van der Waals surface area contributed by atoms with Gasteiger partial charge < -0.3 is 5.73 Å². The largest absolute Gasteiger partial charge is 0.384 e. The summed E-state index contributed by atoms with van der Waals surface area (Å²) in [6.45, 7) is 0. The number of alkyl halides is 1. The molecule has 1 aromatic rings. The molecule has 1 aliphatic heterocycles. The first kappa shape index (κ1) is 9.75. The van der Waals surface area contributed by atoms with Gasteiger partial charge in [-0.25, -0.2) is 13.8 Å². The second-order valence-corrected chi connectivity index (χ2v) is 4.51. The van der Waals surface area contributed by atoms with E-state index < -0.39 is 5.67 Å². The number of aliphatic imine (C=N–C) groups is 1. The smallest absolute Gasteiger partial charge is 0.174 e. The lowest BCUT2D eigenvalue weighted by Gasteiger charge is -2.31. The van der Waals surface area contributed by atoms with Gasteiger partial charge in [0.2, 0.25) is 0 Å². The van der Waals surface area contributed by atoms with Crippen LogP contribution >= 0.6 is 0 Å². The number of hydrogen-bond donors (Lipinski definition) is 1. The van der Waals surface area contributed by atoms with Crippen LogP contribution in [0.15, 0.2) is 23.2 Å². The second kappa shape index (κ2) is 3.03. The van der Waals surface area contributed by atoms with E-state index in [0.717, 1.165) is 18.4 Å². The van der Waals surface area contributed by atoms with Crippen molar-refractivity contribution in [3.05, 3.63) is 29.6 Å². The number of amidine groups is 1. The average molecular weight is 222 g/mol. The third-order valence-electron chi connectivity index (χ3n) is 3.62. The summed E-state index contributed by atoms with van der Waals surface area (Å²) in [6.07, 6.45) is 1.98. The number of rotatable bonds is 0. The maximum Gasteiger partial charge on any atom is 0.174 e. The topological polar surface area (TPSA) is 38.4 Å². The lowest BCUT2D eigenvalue weighted by molar-refractivity contribution is 0.232. The summed E-state index contributed by atoms with van der Waals surface area (Å²) < 4.78 is 27.6. The Morgan fingerprint density at radius 3 is 3.06 bits per heavy atom. The fraction of sp³-hybridized carbons (Fsp3) is 0.417. The highest BCUT2D eigenvalue weighted by molar-refractivity contribution is 5.95. The van der Waals surface area contributed by atoms with E-state index in [2.05, 4.69) is 4.99 Å². The molecule has 1 heterocycles. The van der Waals surface area contributed by atoms with Crippen molar-refractivity contribution in [2.45, 2.75) is 30.8 Å². The SMILES string of the molecule is NC1=Nc2cc(F)ccc2C2CCCC12F. The summed E-state index contributed by atoms with van der Waals surface area (Å²) >= 11 is 0. The third-order valence-corrected chi connectivity index (χ3v) is 3.62. The molecule has 2 nitrogen and oxygen atoms in total. The van der Waals surface area contributed by atoms with Gasteiger partial charge in [-0.1, -0.05) is 6.07 Å². The molecular weight excluding hydrogens is 210 g/mol. The van der Waals surface area contributed by atoms with Gasteiger partial charge in [-0.3, -0.25) is 0 Å². The van der Waals surface area contributed by atoms with Crippen LogP contribution in [0.5, 0.6) is 0 Å². The van der Waals surface area contributed by atoms with Crippen molar-refractivity contribution in [3.8, 4) is 0 Å². The molecule has 1 fully saturated rings. The Kier molecular flexibility index (Phi) is 1.85. The predicted molar refractivity (Wildman–Crippen MR) is 58.1 cm³/mol. The highest BCUT2D eigenvalue weighted by Gasteiger charge is 2.50. The van der Waals surface area contributed by atoms with E-state index in [1.165, 1.54) is 12.1 Å². The lowest BCUT2D eigenvalue weighted by atomic mass is 9.82. The van der Waals surface area contributed by atoms with Crippen LogP contribution in [0.1, 0.15) is 30.7 Å². The minimum absolute atomic E-state index is 0.00750. The Hall–Kier alpha value is -1.45. The fourth-order valence-corrected chi connectivity index (χ4v) is 2.81. The standard InChI is InChI=1S/C12H12F2N2/c13-7-3-4-8-9-2-1-5-12(9,14)11(15)16-10(8)6-7/h3-4,6,9H,1-2,5H2,(H2,15,16). The Bertz CT molecular complexity index is 484. The molecule has 4 heteroatoms. The lowest BCUT2D eigenvalue weighted by Crippen LogP contribution is -2.43. The van der Waals surface area contributed by atoms with Crippen LogP contribution in [-0.2, 0) is 0 Å². The number of halogens is 2. The molecule has 0 saturated heterocycles. The third kappa shape index (κ3) is 1.13. The summed E-state index contributed by atoms with van der Waals surface area (Å²) in [4.78, 5) is 4.00. The van der Waals surface area contributed by atoms with E-state index >= 15 is 0 Å². The number of nitrogens with two attached hydrogens (primary N) is 1. The molecule has 16 heavy (non-hydrogen) atoms. The van der Waals surface area contributed by atoms with Gasteiger partial charge in [-0.15, -0.1) is 0 Å². The first-order valence-electron chi connectivity index (χ1n) is 5.44. The number of fused-ring (bicyclic) bond motifs is 3. The zero-order valence-corrected chi connectivity index (χ0v) is 8.71. The van der Waals surface area contributed by atoms with Crippen LogP contribution in [0.25, 0.3) is 0 Å². The number of hydrogen-bond acceptors (Lipinski definition) is 2. The van der Waals surface area contributed by atoms with E-state index in [1.807, 2.05) is 0 Å². The van der Waals surface area contributed by atoms with Crippen LogP contribution in [0, 0.1) is 5.82 Å². The minimum atomic E-state index is -1.51. The summed E-state index contributed by atoms with van der Waals surface area (Å²) in [6, 6.07) is 4.31. The van der Waals surface area contributed by atoms with E-state index in [0.29, 0.717) is 12.1 Å². The molecule has 1 saturated carbocycles. The van der Waals surface area contributed by atoms with Gasteiger partial charge >= 0.3 is 0 Å². The van der Waals surface area contributed by atoms with Gasteiger partial charge in [0.1, 0.15) is 11.7 Å². The fourth-order valence-electron chi connectivity index (χ4n) is 2.81. The molecule has 3 rings (SSSR count). The van der Waals surface area contributed by atoms with Crippen LogP contribution in [-0.4, -0.2) is 11.5 Å². The molecule has 1 aromatic carbocycles. The summed E-state index contributed by atoms with van der Waals surface area (Å²) in [5.74, 6) is -0.603. The Balaban J connectivity index is 2.21. The van der Waals surface area contributed by atoms with Gasteiger partial charge in [0, 0.05) is 5.92 Å². The molecule has 1 aliphatic carbocycles. The summed E-state index contributed by atoms with van der Waals surface area (Å²) in [7, 11) is 0. The molecule has 0 spiro atoms. The molecule has 2 unspecified atom stereocenters.